The van der Waals surface area contributed by atoms with Crippen molar-refractivity contribution in [2.45, 2.75) is 6.92 Å². The fraction of sp³-hybridized carbons (Fsp3) is 0.167. The number of aryl methyl sites for hydroxylation is 1. The van der Waals surface area contributed by atoms with E-state index >= 15 is 0 Å². The van der Waals surface area contributed by atoms with Crippen LogP contribution in [0.5, 0.6) is 0 Å². The molecule has 8 heavy (non-hydrogen) atoms. The molecular weight excluding hydrogens is 117 g/mol. The van der Waals surface area contributed by atoms with Gasteiger partial charge in [-0.15, -0.1) is 9.24 Å². The minimum absolute atomic E-state index is 1.07. The Bertz CT molecular complexity index is 168. The Morgan fingerprint density at radius 2 is 2.38 bits per heavy atom. The summed E-state index contributed by atoms with van der Waals surface area (Å²) in [5.41, 5.74) is 1.07. The Labute approximate surface area is 51.3 Å². The topological polar surface area (TPSA) is 12.9 Å². The molecule has 0 radical (unpaired) electrons. The van der Waals surface area contributed by atoms with Crippen LogP contribution in [0.4, 0.5) is 0 Å². The van der Waals surface area contributed by atoms with Crippen LogP contribution in [0, 0.1) is 6.92 Å². The zero-order valence-corrected chi connectivity index (χ0v) is 5.91. The standard InChI is InChI=1S/C6H8NP/c1-5-4-6(8)2-3-7-5/h2-4H,8H2,1H3. The first-order valence-corrected chi connectivity index (χ1v) is 3.05. The van der Waals surface area contributed by atoms with Crippen molar-refractivity contribution in [1.82, 2.24) is 4.98 Å². The zero-order valence-electron chi connectivity index (χ0n) is 4.76. The lowest BCUT2D eigenvalue weighted by Crippen LogP contribution is -1.90. The molecule has 1 atom stereocenters. The van der Waals surface area contributed by atoms with Crippen molar-refractivity contribution in [3.05, 3.63) is 24.0 Å². The summed E-state index contributed by atoms with van der Waals surface area (Å²) in [5.74, 6) is 0. The van der Waals surface area contributed by atoms with Gasteiger partial charge in [0.25, 0.3) is 0 Å². The van der Waals surface area contributed by atoms with E-state index in [2.05, 4.69) is 14.2 Å². The SMILES string of the molecule is Cc1cc(P)ccn1. The highest BCUT2D eigenvalue weighted by atomic mass is 31.0. The number of hydrogen-bond donors (Lipinski definition) is 0. The largest absolute Gasteiger partial charge is 0.262 e. The monoisotopic (exact) mass is 125 g/mol. The summed E-state index contributed by atoms with van der Waals surface area (Å²) < 4.78 is 0. The lowest BCUT2D eigenvalue weighted by molar-refractivity contribution is 1.21. The maximum absolute atomic E-state index is 4.03. The van der Waals surface area contributed by atoms with Crippen molar-refractivity contribution in [3.8, 4) is 0 Å². The molecule has 1 rings (SSSR count). The maximum Gasteiger partial charge on any atom is 0.0378 e. The van der Waals surface area contributed by atoms with E-state index in [4.69, 9.17) is 0 Å². The zero-order chi connectivity index (χ0) is 5.98. The number of nitrogens with zero attached hydrogens (tertiary/aromatic N) is 1. The van der Waals surface area contributed by atoms with Crippen molar-refractivity contribution in [2.75, 3.05) is 0 Å². The Balaban J connectivity index is 3.08. The van der Waals surface area contributed by atoms with Gasteiger partial charge in [-0.25, -0.2) is 0 Å². The molecule has 1 heterocycles. The summed E-state index contributed by atoms with van der Waals surface area (Å²) in [5, 5.41) is 1.19. The summed E-state index contributed by atoms with van der Waals surface area (Å²) >= 11 is 0. The van der Waals surface area contributed by atoms with Crippen LogP contribution < -0.4 is 5.30 Å². The lowest BCUT2D eigenvalue weighted by atomic mass is 10.4. The molecule has 1 aromatic heterocycles. The van der Waals surface area contributed by atoms with Gasteiger partial charge in [-0.05, 0) is 24.4 Å². The molecule has 0 spiro atoms. The van der Waals surface area contributed by atoms with Crippen LogP contribution in [0.3, 0.4) is 0 Å². The van der Waals surface area contributed by atoms with Gasteiger partial charge in [0, 0.05) is 11.9 Å². The first kappa shape index (κ1) is 5.71. The molecule has 1 nitrogen and oxygen atoms in total. The minimum atomic E-state index is 1.07. The summed E-state index contributed by atoms with van der Waals surface area (Å²) in [6, 6.07) is 3.97. The Hall–Kier alpha value is -0.420. The van der Waals surface area contributed by atoms with Gasteiger partial charge in [-0.3, -0.25) is 4.98 Å². The fourth-order valence-electron chi connectivity index (χ4n) is 0.567. The number of rotatable bonds is 0. The van der Waals surface area contributed by atoms with Gasteiger partial charge in [-0.2, -0.15) is 0 Å². The van der Waals surface area contributed by atoms with Crippen LogP contribution in [-0.2, 0) is 0 Å². The van der Waals surface area contributed by atoms with Crippen LogP contribution in [0.1, 0.15) is 5.69 Å². The molecule has 0 aromatic carbocycles. The average molecular weight is 125 g/mol. The van der Waals surface area contributed by atoms with E-state index in [1.165, 1.54) is 5.30 Å². The molecule has 1 aromatic rings. The van der Waals surface area contributed by atoms with E-state index in [9.17, 15) is 0 Å². The van der Waals surface area contributed by atoms with Gasteiger partial charge in [0.1, 0.15) is 0 Å². The third-order valence-electron chi connectivity index (χ3n) is 0.921. The van der Waals surface area contributed by atoms with E-state index < -0.39 is 0 Å². The third kappa shape index (κ3) is 1.28. The molecule has 1 unspecified atom stereocenters. The minimum Gasteiger partial charge on any atom is -0.262 e. The quantitative estimate of drug-likeness (QED) is 0.469. The van der Waals surface area contributed by atoms with Crippen LogP contribution in [0.15, 0.2) is 18.3 Å². The Kier molecular flexibility index (Phi) is 1.59. The molecule has 0 bridgehead atoms. The molecule has 0 saturated heterocycles. The van der Waals surface area contributed by atoms with E-state index in [0.717, 1.165) is 5.69 Å². The van der Waals surface area contributed by atoms with Crippen molar-refractivity contribution in [3.63, 3.8) is 0 Å². The molecule has 2 heteroatoms. The summed E-state index contributed by atoms with van der Waals surface area (Å²) in [6.07, 6.45) is 1.80. The second-order valence-corrected chi connectivity index (χ2v) is 2.40. The van der Waals surface area contributed by atoms with Crippen molar-refractivity contribution in [2.24, 2.45) is 0 Å². The third-order valence-corrected chi connectivity index (χ3v) is 1.28. The summed E-state index contributed by atoms with van der Waals surface area (Å²) in [6.45, 7) is 1.98. The molecule has 0 aliphatic rings. The molecule has 0 aliphatic heterocycles. The lowest BCUT2D eigenvalue weighted by Gasteiger charge is -1.89. The van der Waals surface area contributed by atoms with E-state index in [-0.39, 0.29) is 0 Å². The number of pyridine rings is 1. The predicted octanol–water partition coefficient (Wildman–Crippen LogP) is 0.890. The molecule has 0 N–H and O–H groups in total. The van der Waals surface area contributed by atoms with Crippen LogP contribution in [0.2, 0.25) is 0 Å². The van der Waals surface area contributed by atoms with E-state index in [1.54, 1.807) is 6.20 Å². The average Bonchev–Trinajstić information content (AvgIpc) is 1.64. The van der Waals surface area contributed by atoms with Gasteiger partial charge in [0.05, 0.1) is 0 Å². The number of hydrogen-bond acceptors (Lipinski definition) is 1. The smallest absolute Gasteiger partial charge is 0.0378 e. The van der Waals surface area contributed by atoms with E-state index in [0.29, 0.717) is 0 Å². The molecule has 0 fully saturated rings. The highest BCUT2D eigenvalue weighted by molar-refractivity contribution is 7.27. The van der Waals surface area contributed by atoms with Crippen molar-refractivity contribution in [1.29, 1.82) is 0 Å². The molecular formula is C6H8NP. The summed E-state index contributed by atoms with van der Waals surface area (Å²) in [4.78, 5) is 4.03. The molecule has 42 valence electrons. The second kappa shape index (κ2) is 2.23. The van der Waals surface area contributed by atoms with Gasteiger partial charge < -0.3 is 0 Å². The van der Waals surface area contributed by atoms with Crippen LogP contribution in [0.25, 0.3) is 0 Å². The van der Waals surface area contributed by atoms with Gasteiger partial charge in [0.2, 0.25) is 0 Å². The van der Waals surface area contributed by atoms with Gasteiger partial charge in [0.15, 0.2) is 0 Å². The Morgan fingerprint density at radius 1 is 1.62 bits per heavy atom. The van der Waals surface area contributed by atoms with Gasteiger partial charge in [-0.1, -0.05) is 0 Å². The molecule has 0 amide bonds. The first-order chi connectivity index (χ1) is 3.79. The highest BCUT2D eigenvalue weighted by Gasteiger charge is 1.82. The second-order valence-electron chi connectivity index (χ2n) is 1.73. The first-order valence-electron chi connectivity index (χ1n) is 2.47. The molecule has 0 saturated carbocycles. The van der Waals surface area contributed by atoms with Crippen LogP contribution in [-0.4, -0.2) is 4.98 Å². The fourth-order valence-corrected chi connectivity index (χ4v) is 0.895. The van der Waals surface area contributed by atoms with Crippen LogP contribution >= 0.6 is 9.24 Å². The Morgan fingerprint density at radius 3 is 2.75 bits per heavy atom. The van der Waals surface area contributed by atoms with Crippen molar-refractivity contribution < 1.29 is 0 Å². The van der Waals surface area contributed by atoms with E-state index in [1.807, 2.05) is 19.1 Å². The maximum atomic E-state index is 4.03. The normalized spacial score (nSPS) is 9.25. The number of aromatic nitrogens is 1. The van der Waals surface area contributed by atoms with Crippen molar-refractivity contribution >= 4 is 14.5 Å². The van der Waals surface area contributed by atoms with Gasteiger partial charge >= 0.3 is 0 Å². The highest BCUT2D eigenvalue weighted by Crippen LogP contribution is 1.90. The predicted molar refractivity (Wildman–Crippen MR) is 38.3 cm³/mol. The molecule has 0 aliphatic carbocycles. The summed E-state index contributed by atoms with van der Waals surface area (Å²) in [7, 11) is 2.62.